The quantitative estimate of drug-likeness (QED) is 0.695. The number of anilines is 1. The van der Waals surface area contributed by atoms with Crippen molar-refractivity contribution < 1.29 is 0 Å². The molecule has 1 aromatic heterocycles. The van der Waals surface area contributed by atoms with Crippen molar-refractivity contribution in [3.63, 3.8) is 0 Å². The van der Waals surface area contributed by atoms with Gasteiger partial charge in [0.15, 0.2) is 0 Å². The van der Waals surface area contributed by atoms with Crippen molar-refractivity contribution in [2.75, 3.05) is 18.8 Å². The zero-order valence-corrected chi connectivity index (χ0v) is 7.74. The smallest absolute Gasteiger partial charge is 0.121 e. The minimum Gasteiger partial charge on any atom is -0.384 e. The van der Waals surface area contributed by atoms with Gasteiger partial charge in [0.05, 0.1) is 6.20 Å². The molecule has 1 aromatic rings. The molecule has 2 heterocycles. The van der Waals surface area contributed by atoms with Crippen molar-refractivity contribution in [1.29, 1.82) is 0 Å². The standard InChI is InChI=1S/C9H16N4/c10-9-3-5-12-13(9)7-8-2-1-4-11-6-8/h3,5,8,11H,1-2,4,6-7,10H2/t8-/m1/s1. The molecule has 0 unspecified atom stereocenters. The minimum atomic E-state index is 0.691. The Hall–Kier alpha value is -1.03. The van der Waals surface area contributed by atoms with E-state index in [0.29, 0.717) is 5.92 Å². The van der Waals surface area contributed by atoms with Gasteiger partial charge in [-0.1, -0.05) is 0 Å². The fourth-order valence-electron chi connectivity index (χ4n) is 1.82. The SMILES string of the molecule is Nc1ccnn1C[C@@H]1CCCNC1. The van der Waals surface area contributed by atoms with Crippen molar-refractivity contribution in [1.82, 2.24) is 15.1 Å². The summed E-state index contributed by atoms with van der Waals surface area (Å²) in [6.45, 7) is 3.20. The van der Waals surface area contributed by atoms with Crippen molar-refractivity contribution in [2.24, 2.45) is 5.92 Å². The first kappa shape index (κ1) is 8.56. The Kier molecular flexibility index (Phi) is 2.49. The van der Waals surface area contributed by atoms with Gasteiger partial charge in [-0.15, -0.1) is 0 Å². The van der Waals surface area contributed by atoms with E-state index in [9.17, 15) is 0 Å². The summed E-state index contributed by atoms with van der Waals surface area (Å²) in [6.07, 6.45) is 4.31. The molecule has 4 heteroatoms. The topological polar surface area (TPSA) is 55.9 Å². The maximum atomic E-state index is 5.74. The van der Waals surface area contributed by atoms with Gasteiger partial charge in [0.1, 0.15) is 5.82 Å². The van der Waals surface area contributed by atoms with E-state index >= 15 is 0 Å². The maximum absolute atomic E-state index is 5.74. The van der Waals surface area contributed by atoms with Crippen LogP contribution in [-0.2, 0) is 6.54 Å². The third-order valence-corrected chi connectivity index (χ3v) is 2.58. The van der Waals surface area contributed by atoms with Gasteiger partial charge < -0.3 is 11.1 Å². The number of nitrogen functional groups attached to an aromatic ring is 1. The van der Waals surface area contributed by atoms with E-state index in [1.807, 2.05) is 10.7 Å². The van der Waals surface area contributed by atoms with Crippen LogP contribution in [0.25, 0.3) is 0 Å². The molecular formula is C9H16N4. The molecule has 0 aliphatic carbocycles. The molecule has 0 spiro atoms. The molecule has 0 saturated carbocycles. The number of nitrogens with one attached hydrogen (secondary N) is 1. The summed E-state index contributed by atoms with van der Waals surface area (Å²) < 4.78 is 1.89. The monoisotopic (exact) mass is 180 g/mol. The van der Waals surface area contributed by atoms with Gasteiger partial charge in [-0.2, -0.15) is 5.10 Å². The van der Waals surface area contributed by atoms with Crippen LogP contribution in [0.1, 0.15) is 12.8 Å². The van der Waals surface area contributed by atoms with E-state index in [2.05, 4.69) is 10.4 Å². The Bertz CT molecular complexity index is 262. The zero-order chi connectivity index (χ0) is 9.10. The number of nitrogens with zero attached hydrogens (tertiary/aromatic N) is 2. The number of aromatic nitrogens is 2. The van der Waals surface area contributed by atoms with Crippen LogP contribution >= 0.6 is 0 Å². The van der Waals surface area contributed by atoms with Crippen LogP contribution < -0.4 is 11.1 Å². The number of hydrogen-bond acceptors (Lipinski definition) is 3. The molecule has 1 fully saturated rings. The van der Waals surface area contributed by atoms with E-state index in [0.717, 1.165) is 25.5 Å². The van der Waals surface area contributed by atoms with Crippen LogP contribution in [0.3, 0.4) is 0 Å². The van der Waals surface area contributed by atoms with Crippen molar-refractivity contribution in [2.45, 2.75) is 19.4 Å². The van der Waals surface area contributed by atoms with Crippen LogP contribution in [0.4, 0.5) is 5.82 Å². The van der Waals surface area contributed by atoms with Gasteiger partial charge in [-0.25, -0.2) is 4.68 Å². The molecule has 3 N–H and O–H groups in total. The van der Waals surface area contributed by atoms with Crippen LogP contribution in [0.15, 0.2) is 12.3 Å². The summed E-state index contributed by atoms with van der Waals surface area (Å²) in [5.74, 6) is 1.46. The van der Waals surface area contributed by atoms with Gasteiger partial charge in [0, 0.05) is 6.54 Å². The van der Waals surface area contributed by atoms with E-state index in [1.54, 1.807) is 6.20 Å². The summed E-state index contributed by atoms with van der Waals surface area (Å²) in [7, 11) is 0. The van der Waals surface area contributed by atoms with Gasteiger partial charge in [-0.05, 0) is 37.9 Å². The minimum absolute atomic E-state index is 0.691. The Morgan fingerprint density at radius 2 is 2.62 bits per heavy atom. The lowest BCUT2D eigenvalue weighted by Gasteiger charge is -2.22. The Balaban J connectivity index is 1.93. The molecule has 2 rings (SSSR count). The highest BCUT2D eigenvalue weighted by atomic mass is 15.3. The first-order valence-electron chi connectivity index (χ1n) is 4.84. The molecule has 1 aliphatic heterocycles. The lowest BCUT2D eigenvalue weighted by molar-refractivity contribution is 0.327. The largest absolute Gasteiger partial charge is 0.384 e. The average molecular weight is 180 g/mol. The van der Waals surface area contributed by atoms with Crippen molar-refractivity contribution in [3.05, 3.63) is 12.3 Å². The zero-order valence-electron chi connectivity index (χ0n) is 7.74. The molecular weight excluding hydrogens is 164 g/mol. The molecule has 72 valence electrons. The van der Waals surface area contributed by atoms with Gasteiger partial charge in [0.25, 0.3) is 0 Å². The normalized spacial score (nSPS) is 23.2. The lowest BCUT2D eigenvalue weighted by atomic mass is 10.00. The van der Waals surface area contributed by atoms with Crippen LogP contribution in [0.5, 0.6) is 0 Å². The predicted molar refractivity (Wildman–Crippen MR) is 52.2 cm³/mol. The Morgan fingerprint density at radius 1 is 1.69 bits per heavy atom. The summed E-state index contributed by atoms with van der Waals surface area (Å²) in [4.78, 5) is 0. The highest BCUT2D eigenvalue weighted by molar-refractivity contribution is 5.25. The molecule has 1 saturated heterocycles. The summed E-state index contributed by atoms with van der Waals surface area (Å²) in [5.41, 5.74) is 5.74. The van der Waals surface area contributed by atoms with Gasteiger partial charge in [0.2, 0.25) is 0 Å². The molecule has 13 heavy (non-hydrogen) atoms. The number of rotatable bonds is 2. The highest BCUT2D eigenvalue weighted by Gasteiger charge is 2.14. The second-order valence-corrected chi connectivity index (χ2v) is 3.65. The molecule has 0 radical (unpaired) electrons. The Morgan fingerprint density at radius 3 is 3.23 bits per heavy atom. The average Bonchev–Trinajstić information content (AvgIpc) is 2.54. The predicted octanol–water partition coefficient (Wildman–Crippen LogP) is 0.465. The molecule has 1 atom stereocenters. The summed E-state index contributed by atoms with van der Waals surface area (Å²) in [6, 6.07) is 1.84. The van der Waals surface area contributed by atoms with E-state index in [-0.39, 0.29) is 0 Å². The fraction of sp³-hybridized carbons (Fsp3) is 0.667. The third kappa shape index (κ3) is 2.01. The van der Waals surface area contributed by atoms with Gasteiger partial charge in [-0.3, -0.25) is 0 Å². The number of piperidine rings is 1. The number of nitrogens with two attached hydrogens (primary N) is 1. The van der Waals surface area contributed by atoms with Crippen molar-refractivity contribution >= 4 is 5.82 Å². The van der Waals surface area contributed by atoms with Gasteiger partial charge >= 0.3 is 0 Å². The maximum Gasteiger partial charge on any atom is 0.121 e. The highest BCUT2D eigenvalue weighted by Crippen LogP contribution is 2.13. The molecule has 1 aliphatic rings. The third-order valence-electron chi connectivity index (χ3n) is 2.58. The second-order valence-electron chi connectivity index (χ2n) is 3.65. The van der Waals surface area contributed by atoms with E-state index < -0.39 is 0 Å². The van der Waals surface area contributed by atoms with Crippen molar-refractivity contribution in [3.8, 4) is 0 Å². The summed E-state index contributed by atoms with van der Waals surface area (Å²) in [5, 5.41) is 7.56. The lowest BCUT2D eigenvalue weighted by Crippen LogP contribution is -2.32. The molecule has 0 aromatic carbocycles. The van der Waals surface area contributed by atoms with Crippen LogP contribution in [0.2, 0.25) is 0 Å². The fourth-order valence-corrected chi connectivity index (χ4v) is 1.82. The molecule has 0 bridgehead atoms. The Labute approximate surface area is 78.1 Å². The van der Waals surface area contributed by atoms with Crippen LogP contribution in [-0.4, -0.2) is 22.9 Å². The first-order chi connectivity index (χ1) is 6.36. The second kappa shape index (κ2) is 3.79. The van der Waals surface area contributed by atoms with Crippen LogP contribution in [0, 0.1) is 5.92 Å². The molecule has 4 nitrogen and oxygen atoms in total. The molecule has 0 amide bonds. The number of hydrogen-bond donors (Lipinski definition) is 2. The van der Waals surface area contributed by atoms with E-state index in [1.165, 1.54) is 12.8 Å². The summed E-state index contributed by atoms with van der Waals surface area (Å²) >= 11 is 0. The van der Waals surface area contributed by atoms with E-state index in [4.69, 9.17) is 5.73 Å². The first-order valence-corrected chi connectivity index (χ1v) is 4.84.